The number of aryl methyl sites for hydroxylation is 2. The molecule has 5 heteroatoms. The van der Waals surface area contributed by atoms with Gasteiger partial charge in [0.15, 0.2) is 0 Å². The van der Waals surface area contributed by atoms with E-state index < -0.39 is 0 Å². The van der Waals surface area contributed by atoms with Crippen LogP contribution >= 0.6 is 22.7 Å². The van der Waals surface area contributed by atoms with Crippen molar-refractivity contribution in [2.75, 3.05) is 4.90 Å². The number of rotatable bonds is 1. The molecule has 0 saturated carbocycles. The fourth-order valence-corrected chi connectivity index (χ4v) is 13.0. The molecule has 12 rings (SSSR count). The van der Waals surface area contributed by atoms with E-state index in [4.69, 9.17) is 0 Å². The van der Waals surface area contributed by atoms with E-state index in [1.165, 1.54) is 126 Å². The van der Waals surface area contributed by atoms with Crippen molar-refractivity contribution in [3.05, 3.63) is 125 Å². The van der Waals surface area contributed by atoms with E-state index in [1.54, 1.807) is 0 Å². The standard InChI is InChI=1S/C48H39BN2S2/c1-26-22-33-29-14-11-15-32-41-31-13-8-10-17-40(31)53-46(41)51(43(29)32)49-36-19-18-30-28-12-7-9-16-39(28)52-45(30)44(36)50(38(23-26)42(33)49)37-25-35-34(24-27(37)2)47(3,4)20-21-48(35,5)6/h7-19,22-25H,20-21H2,1-6H3. The summed E-state index contributed by atoms with van der Waals surface area (Å²) in [4.78, 5) is 4.08. The lowest BCUT2D eigenvalue weighted by atomic mass is 9.45. The van der Waals surface area contributed by atoms with Crippen molar-refractivity contribution in [2.45, 2.75) is 65.2 Å². The van der Waals surface area contributed by atoms with Crippen LogP contribution in [0.25, 0.3) is 62.5 Å². The Morgan fingerprint density at radius 1 is 0.623 bits per heavy atom. The molecule has 0 atom stereocenters. The molecule has 6 aromatic carbocycles. The Morgan fingerprint density at radius 2 is 1.32 bits per heavy atom. The summed E-state index contributed by atoms with van der Waals surface area (Å²) >= 11 is 3.92. The summed E-state index contributed by atoms with van der Waals surface area (Å²) in [6, 6.07) is 40.1. The smallest absolute Gasteiger partial charge is 0.333 e. The zero-order valence-electron chi connectivity index (χ0n) is 31.0. The van der Waals surface area contributed by atoms with Gasteiger partial charge in [0.1, 0.15) is 0 Å². The number of fused-ring (bicyclic) bond motifs is 14. The molecule has 53 heavy (non-hydrogen) atoms. The van der Waals surface area contributed by atoms with Crippen LogP contribution in [0.4, 0.5) is 17.1 Å². The number of anilines is 3. The van der Waals surface area contributed by atoms with Gasteiger partial charge in [-0.05, 0) is 101 Å². The lowest BCUT2D eigenvalue weighted by Crippen LogP contribution is -2.56. The zero-order chi connectivity index (χ0) is 35.7. The predicted octanol–water partition coefficient (Wildman–Crippen LogP) is 12.8. The van der Waals surface area contributed by atoms with Gasteiger partial charge in [-0.2, -0.15) is 0 Å². The molecule has 0 saturated heterocycles. The molecular weight excluding hydrogens is 679 g/mol. The SMILES string of the molecule is Cc1cc2c3c(c1)N(c1cc4c(cc1C)C(C)(C)CCC4(C)C)c1c(ccc4c1sc1ccccc14)B3n1c3sc4ccccc4c3c3cccc-2c31. The summed E-state index contributed by atoms with van der Waals surface area (Å²) in [5, 5.41) is 6.83. The van der Waals surface area contributed by atoms with Gasteiger partial charge in [0, 0.05) is 58.8 Å². The first kappa shape index (κ1) is 30.6. The van der Waals surface area contributed by atoms with E-state index >= 15 is 0 Å². The van der Waals surface area contributed by atoms with Gasteiger partial charge in [-0.3, -0.25) is 0 Å². The lowest BCUT2D eigenvalue weighted by molar-refractivity contribution is 0.332. The average Bonchev–Trinajstić information content (AvgIpc) is 3.82. The summed E-state index contributed by atoms with van der Waals surface area (Å²) in [5.74, 6) is 0. The summed E-state index contributed by atoms with van der Waals surface area (Å²) in [6.45, 7) is 14.5. The van der Waals surface area contributed by atoms with E-state index in [0.29, 0.717) is 0 Å². The molecule has 0 bridgehead atoms. The van der Waals surface area contributed by atoms with E-state index in [9.17, 15) is 0 Å². The minimum absolute atomic E-state index is 0.0535. The van der Waals surface area contributed by atoms with Crippen LogP contribution in [0.5, 0.6) is 0 Å². The third kappa shape index (κ3) is 3.80. The van der Waals surface area contributed by atoms with Gasteiger partial charge in [-0.25, -0.2) is 0 Å². The van der Waals surface area contributed by atoms with Crippen LogP contribution in [0.3, 0.4) is 0 Å². The summed E-state index contributed by atoms with van der Waals surface area (Å²) in [5.41, 5.74) is 16.8. The van der Waals surface area contributed by atoms with Gasteiger partial charge in [0.2, 0.25) is 0 Å². The van der Waals surface area contributed by atoms with Crippen molar-refractivity contribution in [3.63, 3.8) is 0 Å². The first-order chi connectivity index (χ1) is 25.6. The van der Waals surface area contributed by atoms with Crippen molar-refractivity contribution >= 4 is 109 Å². The van der Waals surface area contributed by atoms with E-state index in [2.05, 4.69) is 154 Å². The highest BCUT2D eigenvalue weighted by Gasteiger charge is 2.45. The van der Waals surface area contributed by atoms with Crippen LogP contribution < -0.4 is 15.8 Å². The number of benzene rings is 6. The van der Waals surface area contributed by atoms with Crippen molar-refractivity contribution in [1.29, 1.82) is 0 Å². The van der Waals surface area contributed by atoms with Crippen LogP contribution in [-0.2, 0) is 10.8 Å². The van der Waals surface area contributed by atoms with E-state index in [1.807, 2.05) is 22.7 Å². The minimum atomic E-state index is 0.0535. The third-order valence-electron chi connectivity index (χ3n) is 13.2. The molecule has 0 unspecified atom stereocenters. The molecule has 2 nitrogen and oxygen atoms in total. The first-order valence-electron chi connectivity index (χ1n) is 19.1. The monoisotopic (exact) mass is 718 g/mol. The summed E-state index contributed by atoms with van der Waals surface area (Å²) in [6.07, 6.45) is 2.41. The Balaban J connectivity index is 1.27. The fraction of sp³-hybridized carbons (Fsp3) is 0.208. The van der Waals surface area contributed by atoms with E-state index in [-0.39, 0.29) is 17.7 Å². The maximum Gasteiger partial charge on any atom is 0.333 e. The summed E-state index contributed by atoms with van der Waals surface area (Å²) in [7, 11) is 0. The second-order valence-corrected chi connectivity index (χ2v) is 19.3. The molecule has 256 valence electrons. The first-order valence-corrected chi connectivity index (χ1v) is 20.7. The Labute approximate surface area is 318 Å². The molecule has 0 spiro atoms. The molecule has 3 aliphatic rings. The Bertz CT molecular complexity index is 3120. The molecule has 1 aliphatic carbocycles. The number of nitrogens with zero attached hydrogens (tertiary/aromatic N) is 2. The van der Waals surface area contributed by atoms with Crippen molar-refractivity contribution in [1.82, 2.24) is 4.48 Å². The maximum atomic E-state index is 2.74. The van der Waals surface area contributed by atoms with Crippen molar-refractivity contribution in [2.24, 2.45) is 0 Å². The van der Waals surface area contributed by atoms with Gasteiger partial charge in [0.25, 0.3) is 0 Å². The normalized spacial score (nSPS) is 16.6. The topological polar surface area (TPSA) is 8.17 Å². The number of aromatic nitrogens is 1. The third-order valence-corrected chi connectivity index (χ3v) is 15.6. The summed E-state index contributed by atoms with van der Waals surface area (Å²) < 4.78 is 6.83. The Kier molecular flexibility index (Phi) is 5.79. The average molecular weight is 719 g/mol. The second kappa shape index (κ2) is 10.0. The van der Waals surface area contributed by atoms with Gasteiger partial charge < -0.3 is 9.38 Å². The minimum Gasteiger partial charge on any atom is -0.367 e. The quantitative estimate of drug-likeness (QED) is 0.153. The molecule has 3 aromatic heterocycles. The van der Waals surface area contributed by atoms with Crippen LogP contribution in [0.1, 0.15) is 62.8 Å². The van der Waals surface area contributed by atoms with Gasteiger partial charge in [0.05, 0.1) is 15.2 Å². The Morgan fingerprint density at radius 3 is 2.11 bits per heavy atom. The molecular formula is C48H39BN2S2. The van der Waals surface area contributed by atoms with Crippen molar-refractivity contribution in [3.8, 4) is 11.1 Å². The fourth-order valence-electron chi connectivity index (χ4n) is 10.5. The lowest BCUT2D eigenvalue weighted by Gasteiger charge is -2.44. The number of hydrogen-bond donors (Lipinski definition) is 0. The highest BCUT2D eigenvalue weighted by Crippen LogP contribution is 2.54. The second-order valence-electron chi connectivity index (χ2n) is 17.3. The molecule has 5 heterocycles. The highest BCUT2D eigenvalue weighted by atomic mass is 32.1. The van der Waals surface area contributed by atoms with Crippen molar-refractivity contribution < 1.29 is 0 Å². The predicted molar refractivity (Wildman–Crippen MR) is 233 cm³/mol. The van der Waals surface area contributed by atoms with Crippen LogP contribution in [0.15, 0.2) is 103 Å². The van der Waals surface area contributed by atoms with Crippen LogP contribution in [0, 0.1) is 13.8 Å². The van der Waals surface area contributed by atoms with Gasteiger partial charge >= 0.3 is 6.85 Å². The molecule has 0 radical (unpaired) electrons. The van der Waals surface area contributed by atoms with Gasteiger partial charge in [-0.15, -0.1) is 22.7 Å². The Hall–Kier alpha value is -4.84. The largest absolute Gasteiger partial charge is 0.367 e. The molecule has 9 aromatic rings. The molecule has 0 fully saturated rings. The van der Waals surface area contributed by atoms with Gasteiger partial charge in [-0.1, -0.05) is 107 Å². The molecule has 0 amide bonds. The number of para-hydroxylation sites is 1. The number of thiophene rings is 2. The van der Waals surface area contributed by atoms with Crippen LogP contribution in [-0.4, -0.2) is 11.3 Å². The molecule has 2 aliphatic heterocycles. The van der Waals surface area contributed by atoms with E-state index in [0.717, 1.165) is 0 Å². The van der Waals surface area contributed by atoms with Crippen LogP contribution in [0.2, 0.25) is 0 Å². The maximum absolute atomic E-state index is 2.74. The zero-order valence-corrected chi connectivity index (χ0v) is 32.7. The number of hydrogen-bond acceptors (Lipinski definition) is 3. The highest BCUT2D eigenvalue weighted by molar-refractivity contribution is 7.27. The molecule has 0 N–H and O–H groups in total.